The summed E-state index contributed by atoms with van der Waals surface area (Å²) >= 11 is 0. The van der Waals surface area contributed by atoms with E-state index in [1.54, 1.807) is 32.9 Å². The van der Waals surface area contributed by atoms with Crippen molar-refractivity contribution in [2.24, 2.45) is 4.36 Å². The van der Waals surface area contributed by atoms with Gasteiger partial charge in [-0.05, 0) is 32.9 Å². The van der Waals surface area contributed by atoms with E-state index >= 15 is 0 Å². The van der Waals surface area contributed by atoms with Crippen LogP contribution in [0.3, 0.4) is 0 Å². The maximum Gasteiger partial charge on any atom is 0.442 e. The number of hydrogen-bond acceptors (Lipinski definition) is 5. The van der Waals surface area contributed by atoms with E-state index < -0.39 is 27.2 Å². The molecule has 1 aliphatic rings. The number of anilines is 1. The van der Waals surface area contributed by atoms with Gasteiger partial charge in [-0.3, -0.25) is 0 Å². The van der Waals surface area contributed by atoms with Gasteiger partial charge >= 0.3 is 6.09 Å². The number of hydrogen-bond donors (Lipinski definition) is 1. The van der Waals surface area contributed by atoms with E-state index in [4.69, 9.17) is 4.74 Å². The molecule has 1 saturated heterocycles. The largest absolute Gasteiger partial charge is 0.442 e. The van der Waals surface area contributed by atoms with Gasteiger partial charge in [0.1, 0.15) is 16.3 Å². The Bertz CT molecular complexity index is 731. The maximum atomic E-state index is 14.5. The van der Waals surface area contributed by atoms with Crippen molar-refractivity contribution in [3.63, 3.8) is 0 Å². The normalized spacial score (nSPS) is 18.0. The Kier molecular flexibility index (Phi) is 5.49. The summed E-state index contributed by atoms with van der Waals surface area (Å²) in [5.41, 5.74) is -0.247. The van der Waals surface area contributed by atoms with Crippen LogP contribution < -0.4 is 10.2 Å². The fourth-order valence-corrected chi connectivity index (χ4v) is 3.92. The fourth-order valence-electron chi connectivity index (χ4n) is 2.50. The minimum Gasteiger partial charge on any atom is -0.442 e. The quantitative estimate of drug-likeness (QED) is 0.881. The predicted molar refractivity (Wildman–Crippen MR) is 92.5 cm³/mol. The first kappa shape index (κ1) is 18.7. The third kappa shape index (κ3) is 4.67. The van der Waals surface area contributed by atoms with E-state index in [-0.39, 0.29) is 4.90 Å². The molecule has 2 rings (SSSR count). The van der Waals surface area contributed by atoms with Crippen LogP contribution in [0.4, 0.5) is 14.9 Å². The van der Waals surface area contributed by atoms with E-state index in [9.17, 15) is 13.4 Å². The summed E-state index contributed by atoms with van der Waals surface area (Å²) in [7, 11) is -3.28. The number of ether oxygens (including phenoxy) is 1. The smallest absolute Gasteiger partial charge is 0.442 e. The summed E-state index contributed by atoms with van der Waals surface area (Å²) in [5, 5.41) is 3.21. The first-order chi connectivity index (χ1) is 11.1. The number of rotatable bonds is 2. The Labute approximate surface area is 142 Å². The fraction of sp³-hybridized carbons (Fsp3) is 0.562. The van der Waals surface area contributed by atoms with E-state index in [2.05, 4.69) is 9.68 Å². The Morgan fingerprint density at radius 1 is 1.33 bits per heavy atom. The SMILES string of the molecule is CC(C)(C)OC(=O)N=[S@](C)(=O)c1c(F)cccc1N1CCNCC1. The van der Waals surface area contributed by atoms with Crippen LogP contribution in [-0.4, -0.2) is 48.3 Å². The Hall–Kier alpha value is -1.67. The summed E-state index contributed by atoms with van der Waals surface area (Å²) in [6, 6.07) is 4.51. The highest BCUT2D eigenvalue weighted by Crippen LogP contribution is 2.29. The van der Waals surface area contributed by atoms with Crippen LogP contribution in [-0.2, 0) is 14.5 Å². The van der Waals surface area contributed by atoms with Crippen LogP contribution in [0.2, 0.25) is 0 Å². The van der Waals surface area contributed by atoms with Gasteiger partial charge in [0.2, 0.25) is 0 Å². The summed E-state index contributed by atoms with van der Waals surface area (Å²) in [4.78, 5) is 13.8. The van der Waals surface area contributed by atoms with Gasteiger partial charge in [-0.25, -0.2) is 13.4 Å². The van der Waals surface area contributed by atoms with Crippen molar-refractivity contribution in [3.05, 3.63) is 24.0 Å². The molecule has 0 aromatic heterocycles. The highest BCUT2D eigenvalue weighted by atomic mass is 32.2. The lowest BCUT2D eigenvalue weighted by atomic mass is 10.2. The van der Waals surface area contributed by atoms with Crippen LogP contribution in [0, 0.1) is 5.82 Å². The molecule has 1 N–H and O–H groups in total. The van der Waals surface area contributed by atoms with E-state index in [1.165, 1.54) is 12.3 Å². The molecule has 0 bridgehead atoms. The lowest BCUT2D eigenvalue weighted by Crippen LogP contribution is -2.44. The van der Waals surface area contributed by atoms with Gasteiger partial charge in [0.25, 0.3) is 0 Å². The van der Waals surface area contributed by atoms with Gasteiger partial charge in [0.05, 0.1) is 15.4 Å². The first-order valence-corrected chi connectivity index (χ1v) is 9.72. The Morgan fingerprint density at radius 3 is 2.54 bits per heavy atom. The molecule has 6 nitrogen and oxygen atoms in total. The molecule has 0 aliphatic carbocycles. The van der Waals surface area contributed by atoms with E-state index in [0.717, 1.165) is 13.1 Å². The number of carbonyl (C=O) groups excluding carboxylic acids is 1. The molecular weight excluding hydrogens is 333 g/mol. The molecule has 0 unspecified atom stereocenters. The number of amides is 1. The summed E-state index contributed by atoms with van der Waals surface area (Å²) < 4.78 is 36.2. The molecule has 1 fully saturated rings. The van der Waals surface area contributed by atoms with Crippen molar-refractivity contribution in [2.45, 2.75) is 31.3 Å². The van der Waals surface area contributed by atoms with Crippen molar-refractivity contribution in [1.29, 1.82) is 0 Å². The third-order valence-corrected chi connectivity index (χ3v) is 5.08. The van der Waals surface area contributed by atoms with Gasteiger partial charge in [-0.15, -0.1) is 4.36 Å². The molecule has 1 atom stereocenters. The second-order valence-corrected chi connectivity index (χ2v) is 8.90. The lowest BCUT2D eigenvalue weighted by Gasteiger charge is -2.31. The number of carbonyl (C=O) groups is 1. The lowest BCUT2D eigenvalue weighted by molar-refractivity contribution is 0.0607. The van der Waals surface area contributed by atoms with Gasteiger partial charge in [0.15, 0.2) is 0 Å². The van der Waals surface area contributed by atoms with E-state index in [0.29, 0.717) is 18.8 Å². The zero-order valence-corrected chi connectivity index (χ0v) is 15.3. The van der Waals surface area contributed by atoms with Crippen molar-refractivity contribution in [3.8, 4) is 0 Å². The third-order valence-electron chi connectivity index (χ3n) is 3.42. The molecule has 8 heteroatoms. The molecule has 1 aromatic rings. The minimum atomic E-state index is -3.28. The molecule has 0 spiro atoms. The van der Waals surface area contributed by atoms with Gasteiger partial charge < -0.3 is 15.0 Å². The van der Waals surface area contributed by atoms with Crippen LogP contribution in [0.1, 0.15) is 20.8 Å². The summed E-state index contributed by atoms with van der Waals surface area (Å²) in [6.07, 6.45) is 0.311. The molecule has 1 aromatic carbocycles. The molecule has 0 radical (unpaired) electrons. The van der Waals surface area contributed by atoms with Crippen molar-refractivity contribution < 1.29 is 18.1 Å². The number of nitrogens with zero attached hydrogens (tertiary/aromatic N) is 2. The molecule has 1 heterocycles. The van der Waals surface area contributed by atoms with Crippen molar-refractivity contribution in [2.75, 3.05) is 37.3 Å². The topological polar surface area (TPSA) is 71.0 Å². The zero-order valence-electron chi connectivity index (χ0n) is 14.5. The molecule has 24 heavy (non-hydrogen) atoms. The van der Waals surface area contributed by atoms with Crippen LogP contribution in [0.5, 0.6) is 0 Å². The van der Waals surface area contributed by atoms with Crippen LogP contribution >= 0.6 is 0 Å². The van der Waals surface area contributed by atoms with Gasteiger partial charge in [0, 0.05) is 32.4 Å². The number of benzene rings is 1. The van der Waals surface area contributed by atoms with E-state index in [1.807, 2.05) is 4.90 Å². The number of nitrogens with one attached hydrogen (secondary N) is 1. The number of piperazine rings is 1. The Balaban J connectivity index is 2.46. The monoisotopic (exact) mass is 357 g/mol. The maximum absolute atomic E-state index is 14.5. The standard InChI is InChI=1S/C16H24FN3O3S/c1-16(2,3)23-15(21)19-24(4,22)14-12(17)6-5-7-13(14)20-10-8-18-9-11-20/h5-7,18H,8-11H2,1-4H3/t24-/m1/s1. The predicted octanol–water partition coefficient (Wildman–Crippen LogP) is 2.63. The molecule has 134 valence electrons. The molecule has 1 aliphatic heterocycles. The summed E-state index contributed by atoms with van der Waals surface area (Å²) in [5.74, 6) is -0.633. The van der Waals surface area contributed by atoms with Gasteiger partial charge in [-0.2, -0.15) is 0 Å². The zero-order chi connectivity index (χ0) is 18.0. The summed E-state index contributed by atoms with van der Waals surface area (Å²) in [6.45, 7) is 7.90. The average Bonchev–Trinajstić information content (AvgIpc) is 2.44. The minimum absolute atomic E-state index is 0.0437. The van der Waals surface area contributed by atoms with Crippen LogP contribution in [0.25, 0.3) is 0 Å². The van der Waals surface area contributed by atoms with Crippen molar-refractivity contribution >= 4 is 21.5 Å². The second kappa shape index (κ2) is 7.06. The molecule has 1 amide bonds. The average molecular weight is 357 g/mol. The highest BCUT2D eigenvalue weighted by molar-refractivity contribution is 7.93. The van der Waals surface area contributed by atoms with Gasteiger partial charge in [-0.1, -0.05) is 6.07 Å². The highest BCUT2D eigenvalue weighted by Gasteiger charge is 2.25. The van der Waals surface area contributed by atoms with Crippen molar-refractivity contribution in [1.82, 2.24) is 5.32 Å². The van der Waals surface area contributed by atoms with Crippen LogP contribution in [0.15, 0.2) is 27.5 Å². The second-order valence-electron chi connectivity index (χ2n) is 6.70. The number of halogens is 1. The molecule has 0 saturated carbocycles. The first-order valence-electron chi connectivity index (χ1n) is 7.79. The molecular formula is C16H24FN3O3S. The Morgan fingerprint density at radius 2 is 1.96 bits per heavy atom.